The Morgan fingerprint density at radius 2 is 1.92 bits per heavy atom. The molecule has 1 saturated heterocycles. The highest BCUT2D eigenvalue weighted by Gasteiger charge is 2.36. The number of nitrogens with zero attached hydrogens (tertiary/aromatic N) is 1. The molecule has 1 fully saturated rings. The monoisotopic (exact) mass is 347 g/mol. The number of rotatable bonds is 9. The molecule has 2 N–H and O–H groups in total. The number of hydrogen-bond donors (Lipinski definition) is 2. The second-order valence-electron chi connectivity index (χ2n) is 6.79. The van der Waals surface area contributed by atoms with Gasteiger partial charge in [0.1, 0.15) is 5.78 Å². The number of Topliss-reactive ketones (excluding diaryl/α,β-unsaturated/α-hetero) is 1. The van der Waals surface area contributed by atoms with Gasteiger partial charge in [-0.15, -0.1) is 0 Å². The summed E-state index contributed by atoms with van der Waals surface area (Å²) < 4.78 is 0. The Labute approximate surface area is 147 Å². The van der Waals surface area contributed by atoms with Crippen LogP contribution >= 0.6 is 0 Å². The van der Waals surface area contributed by atoms with Crippen LogP contribution in [0.2, 0.25) is 0 Å². The largest absolute Gasteiger partial charge is 0.481 e. The van der Waals surface area contributed by atoms with E-state index in [4.69, 9.17) is 5.11 Å². The second-order valence-corrected chi connectivity index (χ2v) is 6.79. The summed E-state index contributed by atoms with van der Waals surface area (Å²) in [6, 6.07) is 9.73. The van der Waals surface area contributed by atoms with Gasteiger partial charge in [-0.05, 0) is 17.9 Å². The molecule has 6 heteroatoms. The average molecular weight is 347 g/mol. The summed E-state index contributed by atoms with van der Waals surface area (Å²) in [6.45, 7) is 2.54. The molecular formula is C19H25NO5. The fourth-order valence-corrected chi connectivity index (χ4v) is 3.39. The van der Waals surface area contributed by atoms with Gasteiger partial charge in [-0.25, -0.2) is 0 Å². The highest BCUT2D eigenvalue weighted by molar-refractivity contribution is 5.81. The van der Waals surface area contributed by atoms with Crippen molar-refractivity contribution in [2.24, 2.45) is 5.92 Å². The van der Waals surface area contributed by atoms with Crippen LogP contribution in [0.15, 0.2) is 30.3 Å². The predicted molar refractivity (Wildman–Crippen MR) is 91.7 cm³/mol. The minimum atomic E-state index is -1.15. The Morgan fingerprint density at radius 1 is 1.24 bits per heavy atom. The quantitative estimate of drug-likeness (QED) is 0.712. The van der Waals surface area contributed by atoms with Gasteiger partial charge in [0.15, 0.2) is 0 Å². The third-order valence-electron chi connectivity index (χ3n) is 4.66. The summed E-state index contributed by atoms with van der Waals surface area (Å²) in [7, 11) is 0. The first-order valence-corrected chi connectivity index (χ1v) is 8.61. The number of carbonyl (C=O) groups is 3. The number of likely N-dealkylation sites (tertiary alicyclic amines) is 1. The summed E-state index contributed by atoms with van der Waals surface area (Å²) in [5.41, 5.74) is 1.05. The van der Waals surface area contributed by atoms with Gasteiger partial charge in [0.25, 0.3) is 0 Å². The first-order chi connectivity index (χ1) is 11.9. The number of aliphatic hydroxyl groups excluding tert-OH is 1. The van der Waals surface area contributed by atoms with Crippen LogP contribution in [-0.2, 0) is 20.9 Å². The van der Waals surface area contributed by atoms with Crippen LogP contribution in [0.25, 0.3) is 0 Å². The Balaban J connectivity index is 1.90. The highest BCUT2D eigenvalue weighted by Crippen LogP contribution is 2.30. The van der Waals surface area contributed by atoms with E-state index in [9.17, 15) is 19.5 Å². The molecule has 0 aromatic heterocycles. The van der Waals surface area contributed by atoms with Gasteiger partial charge in [-0.2, -0.15) is 0 Å². The minimum Gasteiger partial charge on any atom is -0.481 e. The van der Waals surface area contributed by atoms with Crippen molar-refractivity contribution in [1.82, 2.24) is 4.90 Å². The Morgan fingerprint density at radius 3 is 2.56 bits per heavy atom. The lowest BCUT2D eigenvalue weighted by Gasteiger charge is -2.27. The van der Waals surface area contributed by atoms with Crippen LogP contribution in [0.1, 0.15) is 44.6 Å². The summed E-state index contributed by atoms with van der Waals surface area (Å²) in [4.78, 5) is 36.6. The predicted octanol–water partition coefficient (Wildman–Crippen LogP) is 2.00. The number of amides is 1. The first-order valence-electron chi connectivity index (χ1n) is 8.61. The zero-order valence-electron chi connectivity index (χ0n) is 14.4. The third-order valence-corrected chi connectivity index (χ3v) is 4.66. The zero-order valence-corrected chi connectivity index (χ0v) is 14.4. The summed E-state index contributed by atoms with van der Waals surface area (Å²) >= 11 is 0. The van der Waals surface area contributed by atoms with E-state index in [-0.39, 0.29) is 36.5 Å². The first kappa shape index (κ1) is 19.1. The molecule has 0 saturated carbocycles. The fourth-order valence-electron chi connectivity index (χ4n) is 3.39. The van der Waals surface area contributed by atoms with Crippen LogP contribution in [-0.4, -0.2) is 44.9 Å². The summed E-state index contributed by atoms with van der Waals surface area (Å²) in [5.74, 6) is -1.02. The van der Waals surface area contributed by atoms with Crippen LogP contribution < -0.4 is 0 Å². The molecule has 3 unspecified atom stereocenters. The Kier molecular flexibility index (Phi) is 6.70. The lowest BCUT2D eigenvalue weighted by molar-refractivity contribution is -0.139. The molecule has 0 radical (unpaired) electrons. The Bertz CT molecular complexity index is 616. The number of carboxylic acid groups (broad SMARTS) is 1. The van der Waals surface area contributed by atoms with Crippen molar-refractivity contribution in [3.63, 3.8) is 0 Å². The van der Waals surface area contributed by atoms with E-state index in [2.05, 4.69) is 0 Å². The van der Waals surface area contributed by atoms with Crippen molar-refractivity contribution < 1.29 is 24.6 Å². The summed E-state index contributed by atoms with van der Waals surface area (Å²) in [6.07, 6.45) is -0.465. The molecule has 136 valence electrons. The second kappa shape index (κ2) is 8.76. The average Bonchev–Trinajstić information content (AvgIpc) is 2.79. The van der Waals surface area contributed by atoms with Crippen molar-refractivity contribution in [3.05, 3.63) is 35.9 Å². The van der Waals surface area contributed by atoms with E-state index in [1.165, 1.54) is 0 Å². The van der Waals surface area contributed by atoms with E-state index in [1.807, 2.05) is 42.2 Å². The number of carboxylic acids is 1. The van der Waals surface area contributed by atoms with Crippen LogP contribution in [0, 0.1) is 5.92 Å². The smallest absolute Gasteiger partial charge is 0.305 e. The highest BCUT2D eigenvalue weighted by atomic mass is 16.4. The molecule has 2 rings (SSSR count). The van der Waals surface area contributed by atoms with E-state index in [0.717, 1.165) is 5.56 Å². The van der Waals surface area contributed by atoms with Crippen LogP contribution in [0.4, 0.5) is 0 Å². The molecule has 1 amide bonds. The van der Waals surface area contributed by atoms with E-state index < -0.39 is 18.5 Å². The van der Waals surface area contributed by atoms with Gasteiger partial charge in [-0.3, -0.25) is 14.4 Å². The molecule has 0 spiro atoms. The minimum absolute atomic E-state index is 0.00623. The molecule has 1 aromatic rings. The van der Waals surface area contributed by atoms with Crippen molar-refractivity contribution in [1.29, 1.82) is 0 Å². The van der Waals surface area contributed by atoms with Crippen molar-refractivity contribution in [2.45, 2.75) is 57.7 Å². The maximum atomic E-state index is 12.3. The van der Waals surface area contributed by atoms with Gasteiger partial charge in [0.2, 0.25) is 5.91 Å². The molecule has 3 atom stereocenters. The lowest BCUT2D eigenvalue weighted by Crippen LogP contribution is -2.35. The number of carbonyl (C=O) groups excluding carboxylic acids is 2. The summed E-state index contributed by atoms with van der Waals surface area (Å²) in [5, 5.41) is 18.2. The van der Waals surface area contributed by atoms with Crippen molar-refractivity contribution in [2.75, 3.05) is 0 Å². The number of benzene rings is 1. The van der Waals surface area contributed by atoms with Gasteiger partial charge in [0, 0.05) is 31.8 Å². The maximum absolute atomic E-state index is 12.3. The number of hydrogen-bond acceptors (Lipinski definition) is 4. The molecule has 0 aliphatic carbocycles. The van der Waals surface area contributed by atoms with E-state index in [1.54, 1.807) is 0 Å². The Hall–Kier alpha value is -2.21. The third kappa shape index (κ3) is 5.67. The van der Waals surface area contributed by atoms with E-state index in [0.29, 0.717) is 19.4 Å². The zero-order chi connectivity index (χ0) is 18.4. The van der Waals surface area contributed by atoms with Crippen LogP contribution in [0.3, 0.4) is 0 Å². The lowest BCUT2D eigenvalue weighted by atomic mass is 9.95. The molecule has 1 aliphatic rings. The fraction of sp³-hybridized carbons (Fsp3) is 0.526. The molecule has 0 bridgehead atoms. The van der Waals surface area contributed by atoms with Gasteiger partial charge in [0.05, 0.1) is 12.5 Å². The molecular weight excluding hydrogens is 322 g/mol. The molecule has 1 heterocycles. The molecule has 1 aromatic carbocycles. The van der Waals surface area contributed by atoms with E-state index >= 15 is 0 Å². The number of ketones is 1. The molecule has 6 nitrogen and oxygen atoms in total. The molecule has 25 heavy (non-hydrogen) atoms. The van der Waals surface area contributed by atoms with Gasteiger partial charge < -0.3 is 15.1 Å². The number of aliphatic carboxylic acids is 1. The van der Waals surface area contributed by atoms with Crippen molar-refractivity contribution in [3.8, 4) is 0 Å². The standard InChI is InChI=1S/C19H25NO5/c1-13-9-18(23)20(12-14-5-3-2-4-6-14)17(13)8-7-15(21)10-16(22)11-19(24)25/h2-6,13,16-17,22H,7-12H2,1H3,(H,24,25). The van der Waals surface area contributed by atoms with Gasteiger partial charge >= 0.3 is 5.97 Å². The molecule has 1 aliphatic heterocycles. The topological polar surface area (TPSA) is 94.9 Å². The maximum Gasteiger partial charge on any atom is 0.305 e. The van der Waals surface area contributed by atoms with Gasteiger partial charge in [-0.1, -0.05) is 37.3 Å². The SMILES string of the molecule is CC1CC(=O)N(Cc2ccccc2)C1CCC(=O)CC(O)CC(=O)O. The number of aliphatic hydroxyl groups is 1. The normalized spacial score (nSPS) is 21.4. The van der Waals surface area contributed by atoms with Crippen LogP contribution in [0.5, 0.6) is 0 Å². The van der Waals surface area contributed by atoms with Crippen molar-refractivity contribution >= 4 is 17.7 Å².